The fourth-order valence-corrected chi connectivity index (χ4v) is 2.93. The molecule has 0 saturated carbocycles. The maximum absolute atomic E-state index is 12.3. The van der Waals surface area contributed by atoms with Gasteiger partial charge in [-0.3, -0.25) is 9.55 Å². The molecule has 3 aromatic heterocycles. The second-order valence-corrected chi connectivity index (χ2v) is 5.87. The fraction of sp³-hybridized carbons (Fsp3) is 0.286. The Morgan fingerprint density at radius 2 is 2.00 bits per heavy atom. The van der Waals surface area contributed by atoms with Crippen LogP contribution in [-0.2, 0) is 6.54 Å². The summed E-state index contributed by atoms with van der Waals surface area (Å²) in [5.41, 5.74) is 9.38. The van der Waals surface area contributed by atoms with Crippen molar-refractivity contribution in [2.45, 2.75) is 20.4 Å². The van der Waals surface area contributed by atoms with Gasteiger partial charge in [-0.1, -0.05) is 11.6 Å². The highest BCUT2D eigenvalue weighted by Gasteiger charge is 2.17. The lowest BCUT2D eigenvalue weighted by Crippen LogP contribution is -2.23. The van der Waals surface area contributed by atoms with Crippen molar-refractivity contribution in [3.05, 3.63) is 32.5 Å². The second-order valence-electron chi connectivity index (χ2n) is 5.51. The van der Waals surface area contributed by atoms with Crippen molar-refractivity contribution in [2.75, 3.05) is 12.8 Å². The predicted octanol–water partition coefficient (Wildman–Crippen LogP) is -0.318. The Labute approximate surface area is 143 Å². The first-order valence-corrected chi connectivity index (χ1v) is 7.63. The number of hydrogen-bond acceptors (Lipinski definition) is 6. The zero-order chi connectivity index (χ0) is 17.6. The van der Waals surface area contributed by atoms with Gasteiger partial charge in [-0.15, -0.1) is 0 Å². The van der Waals surface area contributed by atoms with E-state index in [1.54, 1.807) is 7.11 Å². The summed E-state index contributed by atoms with van der Waals surface area (Å²) < 4.78 is 6.90. The molecule has 0 atom stereocenters. The summed E-state index contributed by atoms with van der Waals surface area (Å²) >= 11 is 6.03. The van der Waals surface area contributed by atoms with Crippen LogP contribution < -0.4 is 21.8 Å². The number of nitrogen functional groups attached to an aromatic ring is 1. The average molecular weight is 347 g/mol. The SMILES string of the molecule is Bc1nc(Cn2c(=O)[nH]c3c(Cl)nc(N)nc32)c(C)c(OC)c1C. The minimum atomic E-state index is -0.356. The molecule has 3 aromatic rings. The van der Waals surface area contributed by atoms with Crippen LogP contribution in [0.3, 0.4) is 0 Å². The molecule has 0 fully saturated rings. The molecule has 0 radical (unpaired) electrons. The fourth-order valence-electron chi connectivity index (χ4n) is 2.71. The number of methoxy groups -OCH3 is 1. The van der Waals surface area contributed by atoms with E-state index < -0.39 is 0 Å². The van der Waals surface area contributed by atoms with Gasteiger partial charge in [0.25, 0.3) is 0 Å². The average Bonchev–Trinajstić information content (AvgIpc) is 2.82. The van der Waals surface area contributed by atoms with Gasteiger partial charge in [-0.2, -0.15) is 9.97 Å². The molecular formula is C14H16BClN6O2. The normalized spacial score (nSPS) is 11.2. The lowest BCUT2D eigenvalue weighted by molar-refractivity contribution is 0.407. The van der Waals surface area contributed by atoms with Crippen molar-refractivity contribution in [1.82, 2.24) is 24.5 Å². The summed E-state index contributed by atoms with van der Waals surface area (Å²) in [6, 6.07) is 0. The molecule has 3 heterocycles. The number of ether oxygens (including phenoxy) is 1. The molecule has 0 unspecified atom stereocenters. The van der Waals surface area contributed by atoms with Gasteiger partial charge in [-0.05, 0) is 13.8 Å². The van der Waals surface area contributed by atoms with Crippen LogP contribution in [0.25, 0.3) is 11.2 Å². The summed E-state index contributed by atoms with van der Waals surface area (Å²) in [7, 11) is 3.51. The van der Waals surface area contributed by atoms with E-state index in [9.17, 15) is 4.79 Å². The van der Waals surface area contributed by atoms with E-state index >= 15 is 0 Å². The molecule has 8 nitrogen and oxygen atoms in total. The van der Waals surface area contributed by atoms with Crippen LogP contribution >= 0.6 is 11.6 Å². The number of aromatic nitrogens is 5. The third kappa shape index (κ3) is 2.50. The number of anilines is 1. The van der Waals surface area contributed by atoms with Crippen molar-refractivity contribution in [2.24, 2.45) is 0 Å². The standard InChI is InChI=1S/C14H16BClN6O2/c1-5-7(18-10(15)6(2)9(5)24-3)4-22-12-8(19-14(22)23)11(16)20-13(17)21-12/h4,15H2,1-3H3,(H,19,23)(H2,17,20,21). The highest BCUT2D eigenvalue weighted by Crippen LogP contribution is 2.24. The molecule has 0 spiro atoms. The number of pyridine rings is 1. The van der Waals surface area contributed by atoms with E-state index in [2.05, 4.69) is 19.9 Å². The van der Waals surface area contributed by atoms with E-state index in [0.29, 0.717) is 16.9 Å². The van der Waals surface area contributed by atoms with Crippen LogP contribution in [-0.4, -0.2) is 39.5 Å². The number of H-pyrrole nitrogens is 1. The first kappa shape index (κ1) is 16.3. The highest BCUT2D eigenvalue weighted by molar-refractivity contribution is 6.33. The Hall–Kier alpha value is -2.55. The Bertz CT molecular complexity index is 1010. The first-order valence-electron chi connectivity index (χ1n) is 7.25. The third-order valence-electron chi connectivity index (χ3n) is 4.07. The molecule has 0 aliphatic rings. The van der Waals surface area contributed by atoms with Gasteiger partial charge in [0.1, 0.15) is 11.3 Å². The molecule has 0 amide bonds. The number of rotatable bonds is 3. The molecule has 124 valence electrons. The number of halogens is 1. The van der Waals surface area contributed by atoms with Crippen LogP contribution in [0.4, 0.5) is 5.95 Å². The largest absolute Gasteiger partial charge is 0.496 e. The topological polar surface area (TPSA) is 112 Å². The number of nitrogens with one attached hydrogen (secondary N) is 1. The number of hydrogen-bond donors (Lipinski definition) is 2. The predicted molar refractivity (Wildman–Crippen MR) is 95.1 cm³/mol. The zero-order valence-corrected chi connectivity index (χ0v) is 14.5. The summed E-state index contributed by atoms with van der Waals surface area (Å²) in [5, 5.41) is 0.107. The Morgan fingerprint density at radius 3 is 2.67 bits per heavy atom. The highest BCUT2D eigenvalue weighted by atomic mass is 35.5. The second kappa shape index (κ2) is 5.83. The summed E-state index contributed by atoms with van der Waals surface area (Å²) in [6.07, 6.45) is 0. The van der Waals surface area contributed by atoms with E-state index in [1.807, 2.05) is 21.7 Å². The minimum absolute atomic E-state index is 0.00241. The van der Waals surface area contributed by atoms with Gasteiger partial charge in [-0.25, -0.2) is 4.79 Å². The van der Waals surface area contributed by atoms with E-state index in [-0.39, 0.29) is 23.3 Å². The van der Waals surface area contributed by atoms with Crippen LogP contribution in [0.2, 0.25) is 5.15 Å². The Morgan fingerprint density at radius 1 is 1.29 bits per heavy atom. The molecule has 3 N–H and O–H groups in total. The summed E-state index contributed by atoms with van der Waals surface area (Å²) in [5.74, 6) is 0.764. The molecule has 0 aliphatic heterocycles. The van der Waals surface area contributed by atoms with Crippen LogP contribution in [0.5, 0.6) is 5.75 Å². The molecule has 0 aliphatic carbocycles. The first-order chi connectivity index (χ1) is 11.3. The lowest BCUT2D eigenvalue weighted by atomic mass is 9.95. The Balaban J connectivity index is 2.20. The maximum atomic E-state index is 12.3. The van der Waals surface area contributed by atoms with Gasteiger partial charge in [0, 0.05) is 16.7 Å². The van der Waals surface area contributed by atoms with Gasteiger partial charge < -0.3 is 15.5 Å². The number of nitrogens with zero attached hydrogens (tertiary/aromatic N) is 4. The molecule has 0 saturated heterocycles. The molecule has 10 heteroatoms. The quantitative estimate of drug-likeness (QED) is 0.497. The molecule has 0 aromatic carbocycles. The van der Waals surface area contributed by atoms with Gasteiger partial charge in [0.05, 0.1) is 19.3 Å². The zero-order valence-electron chi connectivity index (χ0n) is 13.8. The van der Waals surface area contributed by atoms with Crippen LogP contribution in [0.15, 0.2) is 4.79 Å². The summed E-state index contributed by atoms with van der Waals surface area (Å²) in [6.45, 7) is 4.07. The minimum Gasteiger partial charge on any atom is -0.496 e. The van der Waals surface area contributed by atoms with Crippen molar-refractivity contribution >= 4 is 42.2 Å². The van der Waals surface area contributed by atoms with E-state index in [0.717, 1.165) is 22.5 Å². The monoisotopic (exact) mass is 346 g/mol. The van der Waals surface area contributed by atoms with Crippen molar-refractivity contribution in [3.63, 3.8) is 0 Å². The smallest absolute Gasteiger partial charge is 0.328 e. The van der Waals surface area contributed by atoms with Gasteiger partial charge in [0.15, 0.2) is 18.6 Å². The number of aromatic amines is 1. The molecule has 24 heavy (non-hydrogen) atoms. The number of fused-ring (bicyclic) bond motifs is 1. The molecule has 3 rings (SSSR count). The molecule has 0 bridgehead atoms. The maximum Gasteiger partial charge on any atom is 0.328 e. The van der Waals surface area contributed by atoms with Crippen molar-refractivity contribution in [3.8, 4) is 5.75 Å². The number of imidazole rings is 1. The Kier molecular flexibility index (Phi) is 3.96. The van der Waals surface area contributed by atoms with Gasteiger partial charge >= 0.3 is 5.69 Å². The number of nitrogens with two attached hydrogens (primary N) is 1. The van der Waals surface area contributed by atoms with Gasteiger partial charge in [0.2, 0.25) is 5.95 Å². The van der Waals surface area contributed by atoms with E-state index in [1.165, 1.54) is 4.57 Å². The third-order valence-corrected chi connectivity index (χ3v) is 4.34. The van der Waals surface area contributed by atoms with Crippen molar-refractivity contribution in [1.29, 1.82) is 0 Å². The van der Waals surface area contributed by atoms with Crippen LogP contribution in [0, 0.1) is 13.8 Å². The van der Waals surface area contributed by atoms with E-state index in [4.69, 9.17) is 22.1 Å². The van der Waals surface area contributed by atoms with Crippen molar-refractivity contribution < 1.29 is 4.74 Å². The molecular weight excluding hydrogens is 330 g/mol. The van der Waals surface area contributed by atoms with Crippen LogP contribution in [0.1, 0.15) is 16.8 Å². The lowest BCUT2D eigenvalue weighted by Gasteiger charge is -2.15. The summed E-state index contributed by atoms with van der Waals surface area (Å²) in [4.78, 5) is 27.5.